The number of aliphatic hydroxyl groups is 2. The zero-order valence-corrected chi connectivity index (χ0v) is 22.4. The van der Waals surface area contributed by atoms with Gasteiger partial charge in [0.15, 0.2) is 17.0 Å². The van der Waals surface area contributed by atoms with Crippen molar-refractivity contribution in [2.75, 3.05) is 11.9 Å². The third-order valence-corrected chi connectivity index (χ3v) is 7.95. The van der Waals surface area contributed by atoms with Gasteiger partial charge in [0.25, 0.3) is 0 Å². The van der Waals surface area contributed by atoms with Crippen LogP contribution in [0.4, 0.5) is 5.82 Å². The number of anilines is 1. The second-order valence-corrected chi connectivity index (χ2v) is 11.4. The first kappa shape index (κ1) is 25.4. The van der Waals surface area contributed by atoms with Gasteiger partial charge in [-0.2, -0.15) is 9.97 Å². The van der Waals surface area contributed by atoms with Gasteiger partial charge in [0.2, 0.25) is 11.2 Å². The molecule has 3 aromatic rings. The number of fused-ring (bicyclic) bond motifs is 1. The molecule has 1 aromatic carbocycles. The van der Waals surface area contributed by atoms with E-state index in [1.54, 1.807) is 4.57 Å². The van der Waals surface area contributed by atoms with Crippen LogP contribution in [0.2, 0.25) is 5.28 Å². The third kappa shape index (κ3) is 5.59. The van der Waals surface area contributed by atoms with Crippen molar-refractivity contribution in [3.63, 3.8) is 0 Å². The molecular formula is C22H26ClIN6O3S. The van der Waals surface area contributed by atoms with E-state index in [4.69, 9.17) is 11.6 Å². The van der Waals surface area contributed by atoms with Crippen LogP contribution in [-0.4, -0.2) is 59.6 Å². The van der Waals surface area contributed by atoms with E-state index >= 15 is 0 Å². The summed E-state index contributed by atoms with van der Waals surface area (Å²) < 4.78 is 2.76. The molecule has 4 atom stereocenters. The van der Waals surface area contributed by atoms with Gasteiger partial charge in [0.1, 0.15) is 22.8 Å². The van der Waals surface area contributed by atoms with Crippen LogP contribution >= 0.6 is 46.0 Å². The maximum atomic E-state index is 12.6. The Balaban J connectivity index is 1.54. The second-order valence-electron chi connectivity index (χ2n) is 8.55. The Hall–Kier alpha value is -1.67. The molecule has 1 saturated heterocycles. The van der Waals surface area contributed by atoms with Gasteiger partial charge in [-0.25, -0.2) is 4.98 Å². The molecule has 9 nitrogen and oxygen atoms in total. The Morgan fingerprint density at radius 3 is 2.82 bits per heavy atom. The molecule has 182 valence electrons. The number of aliphatic hydroxyl groups excluding tert-OH is 2. The number of nitrogens with one attached hydrogen (secondary N) is 2. The lowest BCUT2D eigenvalue weighted by Gasteiger charge is -2.17. The van der Waals surface area contributed by atoms with Gasteiger partial charge in [-0.3, -0.25) is 9.36 Å². The predicted octanol–water partition coefficient (Wildman–Crippen LogP) is 3.19. The molecule has 3 heterocycles. The molecule has 0 bridgehead atoms. The van der Waals surface area contributed by atoms with Crippen molar-refractivity contribution in [2.45, 2.75) is 49.6 Å². The third-order valence-electron chi connectivity index (χ3n) is 5.53. The average molecular weight is 617 g/mol. The molecule has 4 rings (SSSR count). The van der Waals surface area contributed by atoms with Crippen molar-refractivity contribution in [3.05, 3.63) is 45.0 Å². The number of hydrogen-bond donors (Lipinski definition) is 4. The number of aromatic nitrogens is 4. The Morgan fingerprint density at radius 1 is 1.29 bits per heavy atom. The first-order valence-corrected chi connectivity index (χ1v) is 13.3. The summed E-state index contributed by atoms with van der Waals surface area (Å²) in [4.78, 5) is 25.7. The van der Waals surface area contributed by atoms with Crippen molar-refractivity contribution >= 4 is 68.8 Å². The lowest BCUT2D eigenvalue weighted by molar-refractivity contribution is -0.123. The highest BCUT2D eigenvalue weighted by molar-refractivity contribution is 14.1. The van der Waals surface area contributed by atoms with Gasteiger partial charge < -0.3 is 20.8 Å². The van der Waals surface area contributed by atoms with Crippen LogP contribution in [0.1, 0.15) is 31.2 Å². The number of halogens is 2. The van der Waals surface area contributed by atoms with Crippen molar-refractivity contribution in [1.29, 1.82) is 0 Å². The molecule has 0 unspecified atom stereocenters. The minimum atomic E-state index is -1.22. The lowest BCUT2D eigenvalue weighted by atomic mass is 10.1. The van der Waals surface area contributed by atoms with Gasteiger partial charge in [-0.05, 0) is 64.2 Å². The van der Waals surface area contributed by atoms with Crippen molar-refractivity contribution in [3.8, 4) is 0 Å². The molecule has 1 amide bonds. The van der Waals surface area contributed by atoms with Crippen LogP contribution in [0.15, 0.2) is 30.6 Å². The van der Waals surface area contributed by atoms with Crippen LogP contribution in [0.25, 0.3) is 11.2 Å². The van der Waals surface area contributed by atoms with Crippen molar-refractivity contribution < 1.29 is 15.0 Å². The normalized spacial score (nSPS) is 22.4. The first-order chi connectivity index (χ1) is 16.2. The lowest BCUT2D eigenvalue weighted by Crippen LogP contribution is -2.41. The molecule has 0 spiro atoms. The van der Waals surface area contributed by atoms with E-state index in [1.807, 2.05) is 18.2 Å². The number of hydrogen-bond acceptors (Lipinski definition) is 8. The highest BCUT2D eigenvalue weighted by Gasteiger charge is 2.47. The number of carbonyl (C=O) groups excluding carboxylic acids is 1. The summed E-state index contributed by atoms with van der Waals surface area (Å²) in [6.07, 6.45) is -0.0364. The zero-order valence-electron chi connectivity index (χ0n) is 18.7. The van der Waals surface area contributed by atoms with Gasteiger partial charge >= 0.3 is 0 Å². The van der Waals surface area contributed by atoms with Crippen LogP contribution in [0.3, 0.4) is 0 Å². The van der Waals surface area contributed by atoms with Gasteiger partial charge in [-0.15, -0.1) is 11.8 Å². The fourth-order valence-electron chi connectivity index (χ4n) is 3.72. The average Bonchev–Trinajstić information content (AvgIpc) is 3.32. The fourth-order valence-corrected chi connectivity index (χ4v) is 5.93. The largest absolute Gasteiger partial charge is 0.389 e. The van der Waals surface area contributed by atoms with Crippen LogP contribution in [0.5, 0.6) is 0 Å². The van der Waals surface area contributed by atoms with Gasteiger partial charge in [-0.1, -0.05) is 26.0 Å². The Morgan fingerprint density at radius 2 is 2.09 bits per heavy atom. The Kier molecular flexibility index (Phi) is 8.18. The predicted molar refractivity (Wildman–Crippen MR) is 142 cm³/mol. The molecule has 1 fully saturated rings. The maximum Gasteiger partial charge on any atom is 0.235 e. The molecular weight excluding hydrogens is 591 g/mol. The smallest absolute Gasteiger partial charge is 0.235 e. The molecule has 0 aliphatic carbocycles. The Bertz CT molecular complexity index is 1180. The molecule has 0 saturated carbocycles. The molecule has 0 radical (unpaired) electrons. The van der Waals surface area contributed by atoms with Gasteiger partial charge in [0.05, 0.1) is 6.33 Å². The summed E-state index contributed by atoms with van der Waals surface area (Å²) in [5.74, 6) is 0.625. The summed E-state index contributed by atoms with van der Waals surface area (Å²) >= 11 is 9.64. The number of carbonyl (C=O) groups is 1. The Labute approximate surface area is 220 Å². The quantitative estimate of drug-likeness (QED) is 0.225. The number of imidazole rings is 1. The maximum absolute atomic E-state index is 12.6. The van der Waals surface area contributed by atoms with Crippen LogP contribution in [-0.2, 0) is 11.3 Å². The van der Waals surface area contributed by atoms with E-state index in [0.29, 0.717) is 36.0 Å². The standard InChI is InChI=1S/C22H26ClIN6O3S/c1-11(2)6-7-25-20(33)17-15(31)16(32)21(34-17)30-10-27-14-18(28-22(23)29-19(14)30)26-9-12-4-3-5-13(24)8-12/h3-5,8,10-11,15-17,21,31-32H,6-7,9H2,1-2H3,(H,25,33)(H,26,28,29)/t15-,16+,17-,21+/m0/s1. The number of thioether (sulfide) groups is 1. The summed E-state index contributed by atoms with van der Waals surface area (Å²) in [5.41, 5.74) is 1.97. The monoisotopic (exact) mass is 616 g/mol. The molecule has 4 N–H and O–H groups in total. The number of rotatable bonds is 8. The van der Waals surface area contributed by atoms with E-state index in [2.05, 4.69) is 68.1 Å². The molecule has 2 aromatic heterocycles. The number of amides is 1. The van der Waals surface area contributed by atoms with E-state index in [-0.39, 0.29) is 11.2 Å². The summed E-state index contributed by atoms with van der Waals surface area (Å²) in [6.45, 7) is 5.19. The summed E-state index contributed by atoms with van der Waals surface area (Å²) in [5, 5.41) is 26.0. The minimum Gasteiger partial charge on any atom is -0.389 e. The molecule has 34 heavy (non-hydrogen) atoms. The number of benzene rings is 1. The highest BCUT2D eigenvalue weighted by atomic mass is 127. The topological polar surface area (TPSA) is 125 Å². The van der Waals surface area contributed by atoms with E-state index < -0.39 is 22.8 Å². The van der Waals surface area contributed by atoms with Gasteiger partial charge in [0, 0.05) is 16.7 Å². The van der Waals surface area contributed by atoms with Crippen LogP contribution in [0, 0.1) is 9.49 Å². The molecule has 12 heteroatoms. The zero-order chi connectivity index (χ0) is 24.4. The van der Waals surface area contributed by atoms with Crippen LogP contribution < -0.4 is 10.6 Å². The van der Waals surface area contributed by atoms with E-state index in [0.717, 1.165) is 15.6 Å². The highest BCUT2D eigenvalue weighted by Crippen LogP contribution is 2.43. The minimum absolute atomic E-state index is 0.0282. The van der Waals surface area contributed by atoms with Crippen molar-refractivity contribution in [1.82, 2.24) is 24.8 Å². The SMILES string of the molecule is CC(C)CCNC(=O)[C@H]1S[C@@H](n2cnc3c(NCc4cccc(I)c4)nc(Cl)nc32)[C@H](O)[C@@H]1O. The fraction of sp³-hybridized carbons (Fsp3) is 0.455. The first-order valence-electron chi connectivity index (χ1n) is 10.9. The second kappa shape index (κ2) is 10.9. The van der Waals surface area contributed by atoms with E-state index in [9.17, 15) is 15.0 Å². The number of nitrogens with zero attached hydrogens (tertiary/aromatic N) is 4. The molecule has 1 aliphatic rings. The van der Waals surface area contributed by atoms with Crippen molar-refractivity contribution in [2.24, 2.45) is 5.92 Å². The summed E-state index contributed by atoms with van der Waals surface area (Å²) in [6, 6.07) is 8.07. The van der Waals surface area contributed by atoms with E-state index in [1.165, 1.54) is 18.1 Å². The summed E-state index contributed by atoms with van der Waals surface area (Å²) in [7, 11) is 0. The molecule has 1 aliphatic heterocycles.